The van der Waals surface area contributed by atoms with Crippen molar-refractivity contribution < 1.29 is 19.2 Å². The quantitative estimate of drug-likeness (QED) is 0.309. The zero-order valence-electron chi connectivity index (χ0n) is 15.8. The summed E-state index contributed by atoms with van der Waals surface area (Å²) >= 11 is 0. The summed E-state index contributed by atoms with van der Waals surface area (Å²) in [5.41, 5.74) is -1.24. The number of carboxylic acids is 1. The Hall–Kier alpha value is -1.10. The Morgan fingerprint density at radius 1 is 0.913 bits per heavy atom. The summed E-state index contributed by atoms with van der Waals surface area (Å²) in [5.74, 6) is -1.11. The predicted octanol–water partition coefficient (Wildman–Crippen LogP) is 3.53. The molecule has 0 fully saturated rings. The summed E-state index contributed by atoms with van der Waals surface area (Å²) in [6, 6.07) is 0. The highest BCUT2D eigenvalue weighted by Gasteiger charge is 2.51. The second-order valence-corrected chi connectivity index (χ2v) is 7.35. The van der Waals surface area contributed by atoms with Gasteiger partial charge in [-0.25, -0.2) is 4.79 Å². The van der Waals surface area contributed by atoms with E-state index >= 15 is 0 Å². The van der Waals surface area contributed by atoms with Gasteiger partial charge >= 0.3 is 5.97 Å². The van der Waals surface area contributed by atoms with Crippen molar-refractivity contribution in [3.8, 4) is 0 Å². The van der Waals surface area contributed by atoms with Crippen LogP contribution in [0.3, 0.4) is 0 Å². The molecule has 1 unspecified atom stereocenters. The number of unbranched alkanes of at least 4 members (excludes halogenated alkanes) is 6. The maximum atomic E-state index is 12.2. The molecule has 0 aliphatic carbocycles. The first-order valence-electron chi connectivity index (χ1n) is 9.07. The van der Waals surface area contributed by atoms with Crippen molar-refractivity contribution in [3.63, 3.8) is 0 Å². The van der Waals surface area contributed by atoms with E-state index in [1.54, 1.807) is 0 Å². The predicted molar refractivity (Wildman–Crippen MR) is 94.1 cm³/mol. The zero-order valence-corrected chi connectivity index (χ0v) is 15.8. The molecule has 0 aromatic rings. The van der Waals surface area contributed by atoms with E-state index in [2.05, 4.69) is 12.2 Å². The molecular weight excluding hydrogens is 292 g/mol. The lowest BCUT2D eigenvalue weighted by Gasteiger charge is -2.43. The fourth-order valence-electron chi connectivity index (χ4n) is 2.91. The molecule has 23 heavy (non-hydrogen) atoms. The Morgan fingerprint density at radius 2 is 1.43 bits per heavy atom. The van der Waals surface area contributed by atoms with Gasteiger partial charge in [0.25, 0.3) is 5.66 Å². The molecular formula is C18H37N2O3+. The Bertz CT molecular complexity index is 364. The van der Waals surface area contributed by atoms with Gasteiger partial charge in [0.05, 0.1) is 21.1 Å². The van der Waals surface area contributed by atoms with Crippen molar-refractivity contribution in [1.29, 1.82) is 0 Å². The molecule has 0 aliphatic heterocycles. The van der Waals surface area contributed by atoms with Gasteiger partial charge in [0, 0.05) is 12.8 Å². The van der Waals surface area contributed by atoms with Crippen LogP contribution in [0.4, 0.5) is 0 Å². The van der Waals surface area contributed by atoms with Gasteiger partial charge in [-0.1, -0.05) is 52.4 Å². The lowest BCUT2D eigenvalue weighted by atomic mass is 9.99. The number of nitrogens with one attached hydrogen (secondary N) is 1. The number of quaternary nitrogens is 1. The lowest BCUT2D eigenvalue weighted by molar-refractivity contribution is -0.917. The number of carboxylic acid groups (broad SMARTS) is 1. The fraction of sp³-hybridized carbons (Fsp3) is 0.889. The van der Waals surface area contributed by atoms with E-state index in [9.17, 15) is 14.7 Å². The monoisotopic (exact) mass is 329 g/mol. The van der Waals surface area contributed by atoms with Crippen molar-refractivity contribution in [1.82, 2.24) is 5.32 Å². The molecule has 0 bridgehead atoms. The van der Waals surface area contributed by atoms with Crippen LogP contribution in [0.15, 0.2) is 0 Å². The molecule has 0 saturated heterocycles. The van der Waals surface area contributed by atoms with Gasteiger partial charge < -0.3 is 5.11 Å². The van der Waals surface area contributed by atoms with Crippen molar-refractivity contribution in [3.05, 3.63) is 0 Å². The molecule has 0 aliphatic rings. The summed E-state index contributed by atoms with van der Waals surface area (Å²) in [7, 11) is 5.45. The van der Waals surface area contributed by atoms with Crippen LogP contribution in [0.5, 0.6) is 0 Å². The van der Waals surface area contributed by atoms with Crippen LogP contribution in [0.25, 0.3) is 0 Å². The molecule has 5 nitrogen and oxygen atoms in total. The number of rotatable bonds is 13. The van der Waals surface area contributed by atoms with Crippen LogP contribution in [-0.2, 0) is 9.59 Å². The van der Waals surface area contributed by atoms with E-state index in [4.69, 9.17) is 0 Å². The first-order valence-corrected chi connectivity index (χ1v) is 9.07. The second-order valence-electron chi connectivity index (χ2n) is 7.35. The Morgan fingerprint density at radius 3 is 1.87 bits per heavy atom. The third kappa shape index (κ3) is 7.34. The molecule has 0 heterocycles. The summed E-state index contributed by atoms with van der Waals surface area (Å²) < 4.78 is 0.179. The minimum atomic E-state index is -1.24. The number of nitrogens with zero attached hydrogens (tertiary/aromatic N) is 1. The second kappa shape index (κ2) is 10.6. The summed E-state index contributed by atoms with van der Waals surface area (Å²) in [6.45, 7) is 4.14. The van der Waals surface area contributed by atoms with Crippen LogP contribution in [0.2, 0.25) is 0 Å². The smallest absolute Gasteiger partial charge is 0.388 e. The highest BCUT2D eigenvalue weighted by Crippen LogP contribution is 2.23. The average molecular weight is 330 g/mol. The number of carbonyl (C=O) groups is 2. The maximum Gasteiger partial charge on any atom is 0.388 e. The van der Waals surface area contributed by atoms with E-state index in [0.29, 0.717) is 19.3 Å². The standard InChI is InChI=1S/C18H36N2O3/c1-6-8-9-10-11-12-13-14-16(21)19-18(15-7-2,17(22)23)20(3,4)5/h6-15H2,1-5H3,(H-,19,21,22,23)/p+1. The Labute approximate surface area is 142 Å². The SMILES string of the molecule is CCCCCCCCCC(=O)NC(CCC)(C(=O)O)[N+](C)(C)C. The first-order chi connectivity index (χ1) is 10.7. The molecule has 0 rings (SSSR count). The normalized spacial score (nSPS) is 14.3. The Kier molecular flexibility index (Phi) is 10.1. The maximum absolute atomic E-state index is 12.2. The minimum absolute atomic E-state index is 0.151. The van der Waals surface area contributed by atoms with Crippen molar-refractivity contribution >= 4 is 11.9 Å². The highest BCUT2D eigenvalue weighted by atomic mass is 16.4. The van der Waals surface area contributed by atoms with E-state index in [-0.39, 0.29) is 10.4 Å². The number of likely N-dealkylation sites (N-methyl/N-ethyl adjacent to an activating group) is 1. The van der Waals surface area contributed by atoms with Crippen LogP contribution in [0.1, 0.15) is 78.1 Å². The molecule has 0 radical (unpaired) electrons. The topological polar surface area (TPSA) is 66.4 Å². The van der Waals surface area contributed by atoms with Gasteiger partial charge in [0.1, 0.15) is 0 Å². The highest BCUT2D eigenvalue weighted by molar-refractivity contribution is 5.85. The number of hydrogen-bond donors (Lipinski definition) is 2. The molecule has 0 aromatic carbocycles. The minimum Gasteiger partial charge on any atom is -0.475 e. The third-order valence-corrected chi connectivity index (χ3v) is 4.46. The summed E-state index contributed by atoms with van der Waals surface area (Å²) in [4.78, 5) is 24.1. The number of aliphatic carboxylic acids is 1. The molecule has 2 N–H and O–H groups in total. The first kappa shape index (κ1) is 21.9. The van der Waals surface area contributed by atoms with Gasteiger partial charge in [-0.3, -0.25) is 14.6 Å². The lowest BCUT2D eigenvalue weighted by Crippen LogP contribution is -2.71. The Balaban J connectivity index is 4.43. The third-order valence-electron chi connectivity index (χ3n) is 4.46. The largest absolute Gasteiger partial charge is 0.475 e. The van der Waals surface area contributed by atoms with E-state index in [1.807, 2.05) is 28.1 Å². The molecule has 0 aromatic heterocycles. The van der Waals surface area contributed by atoms with Crippen molar-refractivity contribution in [2.45, 2.75) is 83.7 Å². The van der Waals surface area contributed by atoms with Crippen molar-refractivity contribution in [2.24, 2.45) is 0 Å². The van der Waals surface area contributed by atoms with Gasteiger partial charge in [0.15, 0.2) is 0 Å². The zero-order chi connectivity index (χ0) is 17.9. The molecule has 136 valence electrons. The molecule has 0 saturated carbocycles. The van der Waals surface area contributed by atoms with E-state index < -0.39 is 11.6 Å². The van der Waals surface area contributed by atoms with Crippen LogP contribution >= 0.6 is 0 Å². The van der Waals surface area contributed by atoms with E-state index in [1.165, 1.54) is 25.7 Å². The number of hydrogen-bond acceptors (Lipinski definition) is 2. The van der Waals surface area contributed by atoms with Gasteiger partial charge in [-0.15, -0.1) is 0 Å². The molecule has 1 amide bonds. The molecule has 1 atom stereocenters. The summed E-state index contributed by atoms with van der Waals surface area (Å²) in [6.07, 6.45) is 9.57. The van der Waals surface area contributed by atoms with Crippen LogP contribution in [0, 0.1) is 0 Å². The van der Waals surface area contributed by atoms with Crippen molar-refractivity contribution in [2.75, 3.05) is 21.1 Å². The number of amides is 1. The van der Waals surface area contributed by atoms with E-state index in [0.717, 1.165) is 19.3 Å². The van der Waals surface area contributed by atoms with Crippen LogP contribution in [-0.4, -0.2) is 48.3 Å². The fourth-order valence-corrected chi connectivity index (χ4v) is 2.91. The van der Waals surface area contributed by atoms with Gasteiger partial charge in [0.2, 0.25) is 5.91 Å². The molecule has 5 heteroatoms. The average Bonchev–Trinajstić information content (AvgIpc) is 2.44. The number of carbonyl (C=O) groups excluding carboxylic acids is 1. The van der Waals surface area contributed by atoms with Gasteiger partial charge in [-0.2, -0.15) is 0 Å². The molecule has 0 spiro atoms. The van der Waals surface area contributed by atoms with Crippen LogP contribution < -0.4 is 5.32 Å². The van der Waals surface area contributed by atoms with Gasteiger partial charge in [-0.05, 0) is 12.8 Å². The summed E-state index contributed by atoms with van der Waals surface area (Å²) in [5, 5.41) is 12.5.